The lowest BCUT2D eigenvalue weighted by Crippen LogP contribution is -2.36. The van der Waals surface area contributed by atoms with Gasteiger partial charge in [-0.25, -0.2) is 0 Å². The number of carbonyl (C=O) groups excluding carboxylic acids is 2. The van der Waals surface area contributed by atoms with Crippen molar-refractivity contribution in [3.05, 3.63) is 29.3 Å². The van der Waals surface area contributed by atoms with Gasteiger partial charge in [0.1, 0.15) is 0 Å². The molecule has 0 N–H and O–H groups in total. The fourth-order valence-corrected chi connectivity index (χ4v) is 2.46. The van der Waals surface area contributed by atoms with Gasteiger partial charge in [0, 0.05) is 17.7 Å². The van der Waals surface area contributed by atoms with Crippen LogP contribution < -0.4 is 4.90 Å². The molecule has 3 nitrogen and oxygen atoms in total. The van der Waals surface area contributed by atoms with Crippen molar-refractivity contribution in [1.29, 1.82) is 0 Å². The second-order valence-electron chi connectivity index (χ2n) is 5.23. The largest absolute Gasteiger partial charge is 0.300 e. The third-order valence-corrected chi connectivity index (χ3v) is 3.63. The number of Topliss-reactive ketones (excluding diaryl/α,β-unsaturated/α-hetero) is 1. The highest BCUT2D eigenvalue weighted by Crippen LogP contribution is 2.41. The maximum Gasteiger partial charge on any atom is 0.238 e. The van der Waals surface area contributed by atoms with E-state index >= 15 is 0 Å². The number of terminal acetylenes is 1. The molecule has 0 aliphatic carbocycles. The molecule has 0 bridgehead atoms. The summed E-state index contributed by atoms with van der Waals surface area (Å²) >= 11 is 0. The maximum atomic E-state index is 12.4. The Morgan fingerprint density at radius 1 is 1.42 bits per heavy atom. The normalized spacial score (nSPS) is 16.1. The minimum absolute atomic E-state index is 0.0125. The molecule has 0 unspecified atom stereocenters. The Morgan fingerprint density at radius 3 is 2.68 bits per heavy atom. The van der Waals surface area contributed by atoms with Crippen LogP contribution in [-0.2, 0) is 10.2 Å². The molecule has 0 fully saturated rings. The van der Waals surface area contributed by atoms with Crippen molar-refractivity contribution in [3.8, 4) is 12.3 Å². The molecule has 0 spiro atoms. The van der Waals surface area contributed by atoms with Crippen molar-refractivity contribution in [2.75, 3.05) is 11.4 Å². The van der Waals surface area contributed by atoms with Crippen molar-refractivity contribution in [2.24, 2.45) is 0 Å². The van der Waals surface area contributed by atoms with E-state index < -0.39 is 5.41 Å². The highest BCUT2D eigenvalue weighted by atomic mass is 16.2. The molecule has 0 atom stereocenters. The zero-order valence-corrected chi connectivity index (χ0v) is 11.5. The monoisotopic (exact) mass is 255 g/mol. The van der Waals surface area contributed by atoms with Gasteiger partial charge in [-0.1, -0.05) is 12.8 Å². The summed E-state index contributed by atoms with van der Waals surface area (Å²) in [6.07, 6.45) is 5.78. The highest BCUT2D eigenvalue weighted by molar-refractivity contribution is 6.09. The fourth-order valence-electron chi connectivity index (χ4n) is 2.46. The quantitative estimate of drug-likeness (QED) is 0.615. The van der Waals surface area contributed by atoms with Gasteiger partial charge in [0.05, 0.1) is 12.0 Å². The fraction of sp³-hybridized carbons (Fsp3) is 0.375. The molecule has 0 saturated carbocycles. The Bertz CT molecular complexity index is 593. The molecule has 3 heteroatoms. The van der Waals surface area contributed by atoms with Gasteiger partial charge < -0.3 is 0 Å². The summed E-state index contributed by atoms with van der Waals surface area (Å²) in [7, 11) is 0. The molecule has 1 aromatic rings. The summed E-state index contributed by atoms with van der Waals surface area (Å²) in [4.78, 5) is 25.8. The minimum atomic E-state index is -0.629. The van der Waals surface area contributed by atoms with Gasteiger partial charge in [-0.3, -0.25) is 14.5 Å². The van der Waals surface area contributed by atoms with Crippen LogP contribution in [0, 0.1) is 12.3 Å². The average Bonchev–Trinajstić information content (AvgIpc) is 2.59. The average molecular weight is 255 g/mol. The summed E-state index contributed by atoms with van der Waals surface area (Å²) in [5.74, 6) is 2.58. The smallest absolute Gasteiger partial charge is 0.238 e. The Morgan fingerprint density at radius 2 is 2.11 bits per heavy atom. The van der Waals surface area contributed by atoms with Gasteiger partial charge in [0.25, 0.3) is 0 Å². The third kappa shape index (κ3) is 1.94. The van der Waals surface area contributed by atoms with Crippen LogP contribution in [0.5, 0.6) is 0 Å². The first-order valence-corrected chi connectivity index (χ1v) is 6.36. The number of benzene rings is 1. The van der Waals surface area contributed by atoms with Crippen molar-refractivity contribution >= 4 is 17.4 Å². The number of rotatable bonds is 3. The standard InChI is InChI=1S/C16H17NO2/c1-5-9-17-13-8-7-11(14(18)6-2)10-12(13)16(3,4)15(17)19/h1,7-8,10H,6,9H2,2-4H3. The van der Waals surface area contributed by atoms with Crippen LogP contribution in [0.2, 0.25) is 0 Å². The van der Waals surface area contributed by atoms with Gasteiger partial charge in [-0.2, -0.15) is 0 Å². The molecule has 98 valence electrons. The zero-order chi connectivity index (χ0) is 14.2. The van der Waals surface area contributed by atoms with E-state index in [-0.39, 0.29) is 18.2 Å². The van der Waals surface area contributed by atoms with Crippen LogP contribution in [0.3, 0.4) is 0 Å². The molecular formula is C16H17NO2. The number of amides is 1. The number of ketones is 1. The van der Waals surface area contributed by atoms with Crippen LogP contribution in [0.1, 0.15) is 43.1 Å². The van der Waals surface area contributed by atoms with Crippen LogP contribution in [0.25, 0.3) is 0 Å². The van der Waals surface area contributed by atoms with E-state index in [0.29, 0.717) is 12.0 Å². The SMILES string of the molecule is C#CCN1C(=O)C(C)(C)c2cc(C(=O)CC)ccc21. The Kier molecular flexibility index (Phi) is 3.20. The molecule has 1 heterocycles. The lowest BCUT2D eigenvalue weighted by atomic mass is 9.85. The molecule has 19 heavy (non-hydrogen) atoms. The van der Waals surface area contributed by atoms with E-state index in [9.17, 15) is 9.59 Å². The first kappa shape index (κ1) is 13.4. The zero-order valence-electron chi connectivity index (χ0n) is 11.5. The maximum absolute atomic E-state index is 12.4. The number of fused-ring (bicyclic) bond motifs is 1. The second-order valence-corrected chi connectivity index (χ2v) is 5.23. The van der Waals surface area contributed by atoms with Crippen molar-refractivity contribution < 1.29 is 9.59 Å². The van der Waals surface area contributed by atoms with E-state index in [4.69, 9.17) is 6.42 Å². The molecule has 1 aromatic carbocycles. The lowest BCUT2D eigenvalue weighted by Gasteiger charge is -2.18. The van der Waals surface area contributed by atoms with Gasteiger partial charge in [0.15, 0.2) is 5.78 Å². The van der Waals surface area contributed by atoms with E-state index in [0.717, 1.165) is 11.3 Å². The first-order chi connectivity index (χ1) is 8.93. The van der Waals surface area contributed by atoms with Gasteiger partial charge in [-0.15, -0.1) is 6.42 Å². The molecule has 0 radical (unpaired) electrons. The van der Waals surface area contributed by atoms with Crippen LogP contribution >= 0.6 is 0 Å². The van der Waals surface area contributed by atoms with Crippen molar-refractivity contribution in [3.63, 3.8) is 0 Å². The summed E-state index contributed by atoms with van der Waals surface area (Å²) in [6.45, 7) is 5.82. The number of nitrogens with zero attached hydrogens (tertiary/aromatic N) is 1. The Labute approximate surface area is 113 Å². The Hall–Kier alpha value is -2.08. The summed E-state index contributed by atoms with van der Waals surface area (Å²) in [5.41, 5.74) is 1.73. The van der Waals surface area contributed by atoms with E-state index in [1.807, 2.05) is 32.9 Å². The van der Waals surface area contributed by atoms with Crippen molar-refractivity contribution in [1.82, 2.24) is 0 Å². The minimum Gasteiger partial charge on any atom is -0.300 e. The first-order valence-electron chi connectivity index (χ1n) is 6.36. The predicted molar refractivity (Wildman–Crippen MR) is 75.3 cm³/mol. The summed E-state index contributed by atoms with van der Waals surface area (Å²) in [5, 5.41) is 0. The second kappa shape index (κ2) is 4.55. The molecule has 1 amide bonds. The third-order valence-electron chi connectivity index (χ3n) is 3.63. The lowest BCUT2D eigenvalue weighted by molar-refractivity contribution is -0.121. The van der Waals surface area contributed by atoms with Crippen LogP contribution in [0.15, 0.2) is 18.2 Å². The van der Waals surface area contributed by atoms with E-state index in [1.165, 1.54) is 0 Å². The predicted octanol–water partition coefficient (Wildman–Crippen LogP) is 2.54. The van der Waals surface area contributed by atoms with Crippen LogP contribution in [0.4, 0.5) is 5.69 Å². The van der Waals surface area contributed by atoms with Crippen molar-refractivity contribution in [2.45, 2.75) is 32.6 Å². The van der Waals surface area contributed by atoms with Gasteiger partial charge in [0.2, 0.25) is 5.91 Å². The Balaban J connectivity index is 2.56. The van der Waals surface area contributed by atoms with E-state index in [1.54, 1.807) is 11.0 Å². The molecule has 0 aromatic heterocycles. The molecule has 0 saturated heterocycles. The van der Waals surface area contributed by atoms with Gasteiger partial charge >= 0.3 is 0 Å². The molecule has 1 aliphatic rings. The number of hydrogen-bond acceptors (Lipinski definition) is 2. The number of anilines is 1. The molecule has 2 rings (SSSR count). The number of carbonyl (C=O) groups is 2. The van der Waals surface area contributed by atoms with Crippen LogP contribution in [-0.4, -0.2) is 18.2 Å². The molecular weight excluding hydrogens is 238 g/mol. The van der Waals surface area contributed by atoms with E-state index in [2.05, 4.69) is 5.92 Å². The molecule has 1 aliphatic heterocycles. The summed E-state index contributed by atoms with van der Waals surface area (Å²) < 4.78 is 0. The highest BCUT2D eigenvalue weighted by Gasteiger charge is 2.43. The van der Waals surface area contributed by atoms with Gasteiger partial charge in [-0.05, 0) is 37.6 Å². The number of hydrogen-bond donors (Lipinski definition) is 0. The summed E-state index contributed by atoms with van der Waals surface area (Å²) in [6, 6.07) is 5.42. The topological polar surface area (TPSA) is 37.4 Å².